The van der Waals surface area contributed by atoms with Gasteiger partial charge in [-0.1, -0.05) is 6.92 Å². The molecule has 0 radical (unpaired) electrons. The fraction of sp³-hybridized carbons (Fsp3) is 0.875. The molecule has 0 aromatic rings. The van der Waals surface area contributed by atoms with Crippen LogP contribution in [0.3, 0.4) is 0 Å². The first kappa shape index (κ1) is 14.3. The molecular formula is C8H19N3O3S. The van der Waals surface area contributed by atoms with Crippen LogP contribution in [0, 0.1) is 5.92 Å². The molecule has 0 aliphatic carbocycles. The molecule has 1 amide bonds. The second-order valence-electron chi connectivity index (χ2n) is 3.47. The fourth-order valence-electron chi connectivity index (χ4n) is 1.06. The zero-order chi connectivity index (χ0) is 11.9. The average Bonchev–Trinajstić information content (AvgIpc) is 2.11. The van der Waals surface area contributed by atoms with Crippen molar-refractivity contribution in [1.29, 1.82) is 0 Å². The molecule has 90 valence electrons. The largest absolute Gasteiger partial charge is 0.356 e. The molecule has 0 rings (SSSR count). The third kappa shape index (κ3) is 8.34. The van der Waals surface area contributed by atoms with Gasteiger partial charge < -0.3 is 10.6 Å². The van der Waals surface area contributed by atoms with Crippen molar-refractivity contribution in [1.82, 2.24) is 10.6 Å². The van der Waals surface area contributed by atoms with Crippen molar-refractivity contribution in [3.05, 3.63) is 0 Å². The molecule has 1 atom stereocenters. The van der Waals surface area contributed by atoms with Gasteiger partial charge in [0.15, 0.2) is 0 Å². The van der Waals surface area contributed by atoms with Crippen LogP contribution in [0.5, 0.6) is 0 Å². The van der Waals surface area contributed by atoms with Gasteiger partial charge in [0.1, 0.15) is 0 Å². The molecule has 0 spiro atoms. The number of primary sulfonamides is 1. The maximum Gasteiger partial charge on any atom is 0.224 e. The quantitative estimate of drug-likeness (QED) is 0.476. The van der Waals surface area contributed by atoms with Gasteiger partial charge in [-0.15, -0.1) is 0 Å². The van der Waals surface area contributed by atoms with Crippen LogP contribution < -0.4 is 15.8 Å². The molecule has 0 saturated carbocycles. The summed E-state index contributed by atoms with van der Waals surface area (Å²) in [5.74, 6) is -0.309. The monoisotopic (exact) mass is 237 g/mol. The predicted octanol–water partition coefficient (Wildman–Crippen LogP) is -1.36. The van der Waals surface area contributed by atoms with Crippen LogP contribution in [0.2, 0.25) is 0 Å². The summed E-state index contributed by atoms with van der Waals surface area (Å²) in [5.41, 5.74) is 0. The number of nitrogens with one attached hydrogen (secondary N) is 2. The minimum atomic E-state index is -3.42. The maximum atomic E-state index is 11.3. The third-order valence-corrected chi connectivity index (χ3v) is 2.72. The maximum absolute atomic E-state index is 11.3. The van der Waals surface area contributed by atoms with E-state index in [0.717, 1.165) is 0 Å². The van der Waals surface area contributed by atoms with Crippen LogP contribution in [0.1, 0.15) is 13.3 Å². The zero-order valence-electron chi connectivity index (χ0n) is 9.12. The topological polar surface area (TPSA) is 101 Å². The Labute approximate surface area is 90.7 Å². The Hall–Kier alpha value is -0.660. The van der Waals surface area contributed by atoms with E-state index in [2.05, 4.69) is 10.6 Å². The highest BCUT2D eigenvalue weighted by molar-refractivity contribution is 7.89. The van der Waals surface area contributed by atoms with Crippen LogP contribution in [-0.2, 0) is 14.8 Å². The molecule has 15 heavy (non-hydrogen) atoms. The normalized spacial score (nSPS) is 13.5. The van der Waals surface area contributed by atoms with Crippen molar-refractivity contribution in [3.8, 4) is 0 Å². The number of carbonyl (C=O) groups is 1. The lowest BCUT2D eigenvalue weighted by molar-refractivity contribution is -0.124. The van der Waals surface area contributed by atoms with Gasteiger partial charge in [0.2, 0.25) is 15.9 Å². The molecule has 4 N–H and O–H groups in total. The first-order chi connectivity index (χ1) is 6.87. The van der Waals surface area contributed by atoms with Crippen LogP contribution in [0.15, 0.2) is 0 Å². The highest BCUT2D eigenvalue weighted by Gasteiger charge is 2.11. The Balaban J connectivity index is 3.64. The summed E-state index contributed by atoms with van der Waals surface area (Å²) in [5, 5.41) is 10.3. The molecule has 0 aromatic carbocycles. The Morgan fingerprint density at radius 2 is 2.07 bits per heavy atom. The van der Waals surface area contributed by atoms with E-state index in [1.165, 1.54) is 0 Å². The molecule has 1 unspecified atom stereocenters. The number of hydrogen-bond donors (Lipinski definition) is 3. The van der Waals surface area contributed by atoms with Gasteiger partial charge in [0.05, 0.1) is 5.75 Å². The molecule has 0 fully saturated rings. The Bertz CT molecular complexity index is 290. The van der Waals surface area contributed by atoms with E-state index in [0.29, 0.717) is 19.5 Å². The number of carbonyl (C=O) groups excluding carboxylic acids is 1. The summed E-state index contributed by atoms with van der Waals surface area (Å²) in [6.45, 7) is 2.73. The number of sulfonamides is 1. The summed E-state index contributed by atoms with van der Waals surface area (Å²) in [6, 6.07) is 0. The van der Waals surface area contributed by atoms with E-state index in [4.69, 9.17) is 5.14 Å². The Kier molecular flexibility index (Phi) is 6.46. The van der Waals surface area contributed by atoms with Crippen LogP contribution in [0.4, 0.5) is 0 Å². The van der Waals surface area contributed by atoms with Gasteiger partial charge >= 0.3 is 0 Å². The van der Waals surface area contributed by atoms with E-state index in [-0.39, 0.29) is 17.6 Å². The second kappa shape index (κ2) is 6.76. The van der Waals surface area contributed by atoms with Gasteiger partial charge in [-0.3, -0.25) is 4.79 Å². The molecule has 0 saturated heterocycles. The van der Waals surface area contributed by atoms with Crippen molar-refractivity contribution >= 4 is 15.9 Å². The zero-order valence-corrected chi connectivity index (χ0v) is 9.93. The highest BCUT2D eigenvalue weighted by Crippen LogP contribution is 1.92. The van der Waals surface area contributed by atoms with Crippen LogP contribution in [-0.4, -0.2) is 40.2 Å². The smallest absolute Gasteiger partial charge is 0.224 e. The van der Waals surface area contributed by atoms with Gasteiger partial charge in [-0.2, -0.15) is 0 Å². The lowest BCUT2D eigenvalue weighted by Gasteiger charge is -2.10. The molecule has 6 nitrogen and oxygen atoms in total. The summed E-state index contributed by atoms with van der Waals surface area (Å²) < 4.78 is 21.1. The molecule has 7 heteroatoms. The van der Waals surface area contributed by atoms with Gasteiger partial charge in [0, 0.05) is 19.0 Å². The molecule has 0 aromatic heterocycles. The van der Waals surface area contributed by atoms with Crippen LogP contribution >= 0.6 is 0 Å². The standard InChI is InChI=1S/C8H19N3O3S/c1-7(6-10-2)8(12)11-4-3-5-15(9,13)14/h7,10H,3-6H2,1-2H3,(H,11,12)(H2,9,13,14). The van der Waals surface area contributed by atoms with Crippen molar-refractivity contribution in [2.24, 2.45) is 11.1 Å². The number of nitrogens with two attached hydrogens (primary N) is 1. The molecule has 0 heterocycles. The van der Waals surface area contributed by atoms with E-state index in [9.17, 15) is 13.2 Å². The Morgan fingerprint density at radius 1 is 1.47 bits per heavy atom. The third-order valence-electron chi connectivity index (χ3n) is 1.86. The van der Waals surface area contributed by atoms with Crippen LogP contribution in [0.25, 0.3) is 0 Å². The summed E-state index contributed by atoms with van der Waals surface area (Å²) in [7, 11) is -1.65. The lowest BCUT2D eigenvalue weighted by atomic mass is 10.1. The minimum Gasteiger partial charge on any atom is -0.356 e. The summed E-state index contributed by atoms with van der Waals surface area (Å²) in [4.78, 5) is 11.3. The van der Waals surface area contributed by atoms with Crippen molar-refractivity contribution in [3.63, 3.8) is 0 Å². The number of hydrogen-bond acceptors (Lipinski definition) is 4. The van der Waals surface area contributed by atoms with E-state index in [1.54, 1.807) is 14.0 Å². The number of rotatable bonds is 7. The molecular weight excluding hydrogens is 218 g/mol. The van der Waals surface area contributed by atoms with E-state index >= 15 is 0 Å². The Morgan fingerprint density at radius 3 is 2.53 bits per heavy atom. The predicted molar refractivity (Wildman–Crippen MR) is 58.7 cm³/mol. The fourth-order valence-corrected chi connectivity index (χ4v) is 1.60. The lowest BCUT2D eigenvalue weighted by Crippen LogP contribution is -2.35. The van der Waals surface area contributed by atoms with Gasteiger partial charge in [-0.25, -0.2) is 13.6 Å². The van der Waals surface area contributed by atoms with Gasteiger partial charge in [0.25, 0.3) is 0 Å². The summed E-state index contributed by atoms with van der Waals surface area (Å²) in [6.07, 6.45) is 0.344. The minimum absolute atomic E-state index is 0.0845. The first-order valence-corrected chi connectivity index (χ1v) is 6.51. The van der Waals surface area contributed by atoms with E-state index < -0.39 is 10.0 Å². The van der Waals surface area contributed by atoms with E-state index in [1.807, 2.05) is 0 Å². The molecule has 0 bridgehead atoms. The van der Waals surface area contributed by atoms with Gasteiger partial charge in [-0.05, 0) is 13.5 Å². The SMILES string of the molecule is CNCC(C)C(=O)NCCCS(N)(=O)=O. The van der Waals surface area contributed by atoms with Crippen molar-refractivity contribution in [2.45, 2.75) is 13.3 Å². The number of amides is 1. The second-order valence-corrected chi connectivity index (χ2v) is 5.20. The average molecular weight is 237 g/mol. The highest BCUT2D eigenvalue weighted by atomic mass is 32.2. The molecule has 0 aliphatic rings. The molecule has 0 aliphatic heterocycles. The first-order valence-electron chi connectivity index (χ1n) is 4.79. The van der Waals surface area contributed by atoms with Crippen molar-refractivity contribution < 1.29 is 13.2 Å². The van der Waals surface area contributed by atoms with Crippen molar-refractivity contribution in [2.75, 3.05) is 25.9 Å². The summed E-state index contributed by atoms with van der Waals surface area (Å²) >= 11 is 0.